The van der Waals surface area contributed by atoms with E-state index in [1.54, 1.807) is 0 Å². The minimum atomic E-state index is -0.0725. The summed E-state index contributed by atoms with van der Waals surface area (Å²) in [6.45, 7) is 16.8. The van der Waals surface area contributed by atoms with Crippen LogP contribution in [0.2, 0.25) is 0 Å². The van der Waals surface area contributed by atoms with Crippen molar-refractivity contribution in [2.75, 3.05) is 32.8 Å². The van der Waals surface area contributed by atoms with Gasteiger partial charge in [0.15, 0.2) is 0 Å². The largest absolute Gasteiger partial charge is 0.487 e. The maximum Gasteiger partial charge on any atom is 0.123 e. The third-order valence-electron chi connectivity index (χ3n) is 8.14. The Kier molecular flexibility index (Phi) is 6.27. The zero-order valence-electron chi connectivity index (χ0n) is 20.5. The van der Waals surface area contributed by atoms with E-state index >= 15 is 0 Å². The first-order valence-corrected chi connectivity index (χ1v) is 14.0. The molecule has 0 radical (unpaired) electrons. The molecule has 0 amide bonds. The van der Waals surface area contributed by atoms with Crippen molar-refractivity contribution in [1.82, 2.24) is 14.8 Å². The number of likely N-dealkylation sites (tertiary alicyclic amines) is 2. The molecule has 0 saturated carbocycles. The number of hydrogen-bond donors (Lipinski definition) is 0. The highest BCUT2D eigenvalue weighted by molar-refractivity contribution is 7.46. The van der Waals surface area contributed by atoms with Crippen molar-refractivity contribution in [2.24, 2.45) is 5.41 Å². The third kappa shape index (κ3) is 4.70. The van der Waals surface area contributed by atoms with E-state index in [-0.39, 0.29) is 5.60 Å². The highest BCUT2D eigenvalue weighted by Crippen LogP contribution is 2.43. The van der Waals surface area contributed by atoms with Crippen molar-refractivity contribution in [3.05, 3.63) is 59.9 Å². The van der Waals surface area contributed by atoms with Crippen LogP contribution in [-0.2, 0) is 13.0 Å². The van der Waals surface area contributed by atoms with E-state index in [2.05, 4.69) is 66.1 Å². The number of aromatic nitrogens is 1. The van der Waals surface area contributed by atoms with Crippen LogP contribution in [0.15, 0.2) is 43.2 Å². The van der Waals surface area contributed by atoms with E-state index in [9.17, 15) is 0 Å². The van der Waals surface area contributed by atoms with Crippen LogP contribution in [-0.4, -0.2) is 53.2 Å². The van der Waals surface area contributed by atoms with Gasteiger partial charge in [-0.05, 0) is 82.4 Å². The number of pyridine rings is 1. The number of ether oxygens (including phenoxy) is 1. The first kappa shape index (κ1) is 22.9. The Labute approximate surface area is 201 Å². The molecule has 0 aliphatic carbocycles. The first-order valence-electron chi connectivity index (χ1n) is 12.5. The molecule has 4 nitrogen and oxygen atoms in total. The number of rotatable bonds is 5. The quantitative estimate of drug-likeness (QED) is 0.579. The number of hydrogen-bond acceptors (Lipinski definition) is 4. The standard InChI is InChI=1S/C28H38N3OP/c1-21(23-8-13-29-19-26(23)33-4)31-16-11-28(12-17-31)9-14-30(15-10-28)20-22-6-5-7-25-24(22)18-27(2,3)32-25/h5-8,13,19,33H,1,9-12,14-18,20H2,2-4H3. The summed E-state index contributed by atoms with van der Waals surface area (Å²) >= 11 is 0. The molecule has 1 unspecified atom stereocenters. The molecular weight excluding hydrogens is 425 g/mol. The zero-order chi connectivity index (χ0) is 23.1. The van der Waals surface area contributed by atoms with Gasteiger partial charge in [0.25, 0.3) is 0 Å². The van der Waals surface area contributed by atoms with Gasteiger partial charge in [-0.15, -0.1) is 0 Å². The highest BCUT2D eigenvalue weighted by Gasteiger charge is 2.38. The molecule has 2 fully saturated rings. The highest BCUT2D eigenvalue weighted by atomic mass is 31.1. The van der Waals surface area contributed by atoms with Crippen LogP contribution in [0.5, 0.6) is 5.75 Å². The fourth-order valence-electron chi connectivity index (χ4n) is 6.01. The molecule has 0 bridgehead atoms. The van der Waals surface area contributed by atoms with Crippen molar-refractivity contribution in [3.8, 4) is 5.75 Å². The van der Waals surface area contributed by atoms with Crippen molar-refractivity contribution in [3.63, 3.8) is 0 Å². The fraction of sp³-hybridized carbons (Fsp3) is 0.536. The van der Waals surface area contributed by atoms with Gasteiger partial charge in [-0.25, -0.2) is 0 Å². The average molecular weight is 464 g/mol. The van der Waals surface area contributed by atoms with Gasteiger partial charge in [-0.1, -0.05) is 27.3 Å². The molecule has 1 aromatic heterocycles. The topological polar surface area (TPSA) is 28.6 Å². The molecule has 176 valence electrons. The lowest BCUT2D eigenvalue weighted by atomic mass is 9.71. The summed E-state index contributed by atoms with van der Waals surface area (Å²) in [6, 6.07) is 8.75. The number of nitrogens with zero attached hydrogens (tertiary/aromatic N) is 3. The second-order valence-corrected chi connectivity index (χ2v) is 11.9. The average Bonchev–Trinajstić information content (AvgIpc) is 3.15. The monoisotopic (exact) mass is 463 g/mol. The molecule has 2 saturated heterocycles. The van der Waals surface area contributed by atoms with Crippen LogP contribution in [0.4, 0.5) is 0 Å². The molecule has 0 N–H and O–H groups in total. The van der Waals surface area contributed by atoms with Gasteiger partial charge in [-0.3, -0.25) is 9.88 Å². The molecule has 33 heavy (non-hydrogen) atoms. The predicted molar refractivity (Wildman–Crippen MR) is 140 cm³/mol. The van der Waals surface area contributed by atoms with Crippen LogP contribution < -0.4 is 10.0 Å². The van der Waals surface area contributed by atoms with E-state index in [1.165, 1.54) is 66.5 Å². The third-order valence-corrected chi connectivity index (χ3v) is 9.07. The predicted octanol–water partition coefficient (Wildman–Crippen LogP) is 5.08. The van der Waals surface area contributed by atoms with Gasteiger partial charge in [0.05, 0.1) is 0 Å². The lowest BCUT2D eigenvalue weighted by molar-refractivity contribution is 0.0479. The van der Waals surface area contributed by atoms with Crippen molar-refractivity contribution >= 4 is 19.6 Å². The van der Waals surface area contributed by atoms with Gasteiger partial charge < -0.3 is 9.64 Å². The van der Waals surface area contributed by atoms with Gasteiger partial charge in [-0.2, -0.15) is 0 Å². The lowest BCUT2D eigenvalue weighted by Crippen LogP contribution is -2.46. The summed E-state index contributed by atoms with van der Waals surface area (Å²) in [6.07, 6.45) is 10.2. The Morgan fingerprint density at radius 2 is 1.82 bits per heavy atom. The molecule has 1 atom stereocenters. The second-order valence-electron chi connectivity index (χ2n) is 10.8. The Morgan fingerprint density at radius 3 is 2.55 bits per heavy atom. The maximum absolute atomic E-state index is 6.16. The van der Waals surface area contributed by atoms with Crippen LogP contribution in [0.25, 0.3) is 5.70 Å². The van der Waals surface area contributed by atoms with Gasteiger partial charge >= 0.3 is 0 Å². The molecule has 1 spiro atoms. The van der Waals surface area contributed by atoms with Crippen molar-refractivity contribution in [2.45, 2.75) is 58.1 Å². The Hall–Kier alpha value is -1.90. The normalized spacial score (nSPS) is 22.0. The minimum Gasteiger partial charge on any atom is -0.487 e. The zero-order valence-corrected chi connectivity index (χ0v) is 21.5. The number of piperidine rings is 2. The summed E-state index contributed by atoms with van der Waals surface area (Å²) in [7, 11) is 0.754. The summed E-state index contributed by atoms with van der Waals surface area (Å²) < 4.78 is 6.16. The summed E-state index contributed by atoms with van der Waals surface area (Å²) in [5, 5.41) is 1.33. The Morgan fingerprint density at radius 1 is 1.09 bits per heavy atom. The number of fused-ring (bicyclic) bond motifs is 1. The van der Waals surface area contributed by atoms with Crippen LogP contribution in [0, 0.1) is 5.41 Å². The van der Waals surface area contributed by atoms with E-state index < -0.39 is 0 Å². The van der Waals surface area contributed by atoms with Crippen LogP contribution in [0.1, 0.15) is 56.2 Å². The summed E-state index contributed by atoms with van der Waals surface area (Å²) in [5.41, 5.74) is 5.82. The van der Waals surface area contributed by atoms with Crippen LogP contribution in [0.3, 0.4) is 0 Å². The molecule has 2 aromatic rings. The summed E-state index contributed by atoms with van der Waals surface area (Å²) in [5.74, 6) is 1.10. The molecule has 3 aliphatic rings. The molecule has 5 rings (SSSR count). The Balaban J connectivity index is 1.17. The van der Waals surface area contributed by atoms with Gasteiger partial charge in [0.2, 0.25) is 0 Å². The minimum absolute atomic E-state index is 0.0725. The number of benzene rings is 1. The second kappa shape index (κ2) is 9.04. The van der Waals surface area contributed by atoms with E-state index in [0.29, 0.717) is 5.41 Å². The maximum atomic E-state index is 6.16. The molecule has 1 aromatic carbocycles. The molecule has 5 heteroatoms. The fourth-order valence-corrected chi connectivity index (χ4v) is 6.71. The smallest absolute Gasteiger partial charge is 0.123 e. The molecule has 3 aliphatic heterocycles. The van der Waals surface area contributed by atoms with Crippen molar-refractivity contribution < 1.29 is 4.74 Å². The summed E-state index contributed by atoms with van der Waals surface area (Å²) in [4.78, 5) is 9.50. The Bertz CT molecular complexity index is 1020. The molecular formula is C28H38N3OP. The molecule has 4 heterocycles. The van der Waals surface area contributed by atoms with E-state index in [0.717, 1.165) is 40.4 Å². The SMILES string of the molecule is C=C(c1ccncc1PC)N1CCC2(CCN(Cc3cccc4c3CC(C)(C)O4)CC2)CC1. The van der Waals surface area contributed by atoms with Gasteiger partial charge in [0.1, 0.15) is 11.4 Å². The van der Waals surface area contributed by atoms with Gasteiger partial charge in [0, 0.05) is 60.6 Å². The van der Waals surface area contributed by atoms with Crippen molar-refractivity contribution in [1.29, 1.82) is 0 Å². The van der Waals surface area contributed by atoms with Crippen LogP contribution >= 0.6 is 8.58 Å². The lowest BCUT2D eigenvalue weighted by Gasteiger charge is -2.48. The van der Waals surface area contributed by atoms with E-state index in [1.807, 2.05) is 12.4 Å². The first-order chi connectivity index (χ1) is 15.9. The van der Waals surface area contributed by atoms with E-state index in [4.69, 9.17) is 4.74 Å².